The average Bonchev–Trinajstić information content (AvgIpc) is 2.28. The second kappa shape index (κ2) is 5.02. The zero-order chi connectivity index (χ0) is 12.3. The van der Waals surface area contributed by atoms with E-state index in [2.05, 4.69) is 10.3 Å². The highest BCUT2D eigenvalue weighted by Crippen LogP contribution is 2.28. The smallest absolute Gasteiger partial charge is 0.150 e. The Morgan fingerprint density at radius 1 is 1.65 bits per heavy atom. The molecule has 1 saturated carbocycles. The molecular formula is C12H16N4O. The summed E-state index contributed by atoms with van der Waals surface area (Å²) in [4.78, 5) is 4.15. The SMILES string of the molecule is CCOC1CC(Nc2nccc(C#N)c2N)C1. The van der Waals surface area contributed by atoms with Crippen LogP contribution in [0, 0.1) is 11.3 Å². The van der Waals surface area contributed by atoms with Crippen molar-refractivity contribution in [3.8, 4) is 6.07 Å². The first-order chi connectivity index (χ1) is 8.24. The van der Waals surface area contributed by atoms with Gasteiger partial charge in [0.1, 0.15) is 6.07 Å². The van der Waals surface area contributed by atoms with Gasteiger partial charge in [0.15, 0.2) is 5.82 Å². The molecule has 0 aromatic carbocycles. The van der Waals surface area contributed by atoms with Crippen LogP contribution in [0.2, 0.25) is 0 Å². The zero-order valence-corrected chi connectivity index (χ0v) is 9.81. The summed E-state index contributed by atoms with van der Waals surface area (Å²) in [6.07, 6.45) is 3.87. The maximum Gasteiger partial charge on any atom is 0.150 e. The van der Waals surface area contributed by atoms with Gasteiger partial charge in [0.05, 0.1) is 17.4 Å². The number of anilines is 2. The molecule has 0 spiro atoms. The number of nitrogens with two attached hydrogens (primary N) is 1. The summed E-state index contributed by atoms with van der Waals surface area (Å²) in [5.74, 6) is 0.601. The van der Waals surface area contributed by atoms with Gasteiger partial charge in [-0.05, 0) is 25.8 Å². The van der Waals surface area contributed by atoms with Crippen molar-refractivity contribution < 1.29 is 4.74 Å². The molecule has 1 aliphatic rings. The van der Waals surface area contributed by atoms with Gasteiger partial charge < -0.3 is 15.8 Å². The van der Waals surface area contributed by atoms with Crippen LogP contribution in [0.1, 0.15) is 25.3 Å². The minimum atomic E-state index is 0.343. The van der Waals surface area contributed by atoms with Crippen LogP contribution in [0.25, 0.3) is 0 Å². The molecule has 0 saturated heterocycles. The Hall–Kier alpha value is -1.80. The fourth-order valence-electron chi connectivity index (χ4n) is 1.93. The van der Waals surface area contributed by atoms with Crippen molar-refractivity contribution in [1.29, 1.82) is 5.26 Å². The number of pyridine rings is 1. The lowest BCUT2D eigenvalue weighted by atomic mass is 9.89. The number of nitrogen functional groups attached to an aromatic ring is 1. The fraction of sp³-hybridized carbons (Fsp3) is 0.500. The van der Waals surface area contributed by atoms with Gasteiger partial charge in [-0.25, -0.2) is 4.98 Å². The Labute approximate surface area is 101 Å². The van der Waals surface area contributed by atoms with E-state index < -0.39 is 0 Å². The molecule has 0 atom stereocenters. The zero-order valence-electron chi connectivity index (χ0n) is 9.81. The quantitative estimate of drug-likeness (QED) is 0.822. The minimum Gasteiger partial charge on any atom is -0.395 e. The van der Waals surface area contributed by atoms with Crippen LogP contribution in [-0.2, 0) is 4.74 Å². The van der Waals surface area contributed by atoms with Crippen molar-refractivity contribution in [3.63, 3.8) is 0 Å². The first-order valence-corrected chi connectivity index (χ1v) is 5.77. The summed E-state index contributed by atoms with van der Waals surface area (Å²) in [7, 11) is 0. The molecule has 5 heteroatoms. The number of rotatable bonds is 4. The highest BCUT2D eigenvalue weighted by atomic mass is 16.5. The van der Waals surface area contributed by atoms with Crippen molar-refractivity contribution in [2.75, 3.05) is 17.7 Å². The van der Waals surface area contributed by atoms with E-state index in [-0.39, 0.29) is 0 Å². The fourth-order valence-corrected chi connectivity index (χ4v) is 1.93. The van der Waals surface area contributed by atoms with Crippen LogP contribution in [-0.4, -0.2) is 23.7 Å². The van der Waals surface area contributed by atoms with Crippen molar-refractivity contribution in [2.45, 2.75) is 31.9 Å². The van der Waals surface area contributed by atoms with E-state index >= 15 is 0 Å². The number of aromatic nitrogens is 1. The van der Waals surface area contributed by atoms with Gasteiger partial charge in [-0.1, -0.05) is 0 Å². The second-order valence-corrected chi connectivity index (χ2v) is 4.12. The highest BCUT2D eigenvalue weighted by Gasteiger charge is 2.30. The summed E-state index contributed by atoms with van der Waals surface area (Å²) < 4.78 is 5.48. The first kappa shape index (κ1) is 11.7. The van der Waals surface area contributed by atoms with Crippen molar-refractivity contribution in [3.05, 3.63) is 17.8 Å². The summed E-state index contributed by atoms with van der Waals surface area (Å²) in [6.45, 7) is 2.75. The topological polar surface area (TPSA) is 84.0 Å². The summed E-state index contributed by atoms with van der Waals surface area (Å²) in [5, 5.41) is 12.1. The van der Waals surface area contributed by atoms with Crippen LogP contribution >= 0.6 is 0 Å². The van der Waals surface area contributed by atoms with E-state index in [0.29, 0.717) is 29.2 Å². The van der Waals surface area contributed by atoms with Crippen LogP contribution in [0.3, 0.4) is 0 Å². The highest BCUT2D eigenvalue weighted by molar-refractivity contribution is 5.69. The molecule has 2 rings (SSSR count). The number of hydrogen-bond acceptors (Lipinski definition) is 5. The number of ether oxygens (including phenoxy) is 1. The largest absolute Gasteiger partial charge is 0.395 e. The second-order valence-electron chi connectivity index (χ2n) is 4.12. The minimum absolute atomic E-state index is 0.343. The third-order valence-electron chi connectivity index (χ3n) is 2.95. The molecule has 0 bridgehead atoms. The maximum atomic E-state index is 8.85. The standard InChI is InChI=1S/C12H16N4O/c1-2-17-10-5-9(6-10)16-12-11(14)8(7-13)3-4-15-12/h3-4,9-10H,2,5-6,14H2,1H3,(H,15,16). The Balaban J connectivity index is 1.95. The van der Waals surface area contributed by atoms with Gasteiger partial charge in [0.2, 0.25) is 0 Å². The average molecular weight is 232 g/mol. The molecule has 1 aliphatic carbocycles. The maximum absolute atomic E-state index is 8.85. The molecular weight excluding hydrogens is 216 g/mol. The molecule has 1 heterocycles. The lowest BCUT2D eigenvalue weighted by Crippen LogP contribution is -2.41. The molecule has 0 aliphatic heterocycles. The van der Waals surface area contributed by atoms with Gasteiger partial charge in [-0.15, -0.1) is 0 Å². The predicted octanol–water partition coefficient (Wildman–Crippen LogP) is 1.51. The normalized spacial score (nSPS) is 22.6. The van der Waals surface area contributed by atoms with E-state index in [1.54, 1.807) is 12.3 Å². The van der Waals surface area contributed by atoms with E-state index in [0.717, 1.165) is 19.4 Å². The third-order valence-corrected chi connectivity index (χ3v) is 2.95. The monoisotopic (exact) mass is 232 g/mol. The van der Waals surface area contributed by atoms with Gasteiger partial charge in [-0.3, -0.25) is 0 Å². The Bertz CT molecular complexity index is 435. The summed E-state index contributed by atoms with van der Waals surface area (Å²) >= 11 is 0. The summed E-state index contributed by atoms with van der Waals surface area (Å²) in [6, 6.07) is 4.00. The number of nitrogens with one attached hydrogen (secondary N) is 1. The van der Waals surface area contributed by atoms with Gasteiger partial charge in [0.25, 0.3) is 0 Å². The van der Waals surface area contributed by atoms with E-state index in [1.807, 2.05) is 13.0 Å². The van der Waals surface area contributed by atoms with E-state index in [9.17, 15) is 0 Å². The molecule has 0 radical (unpaired) electrons. The molecule has 90 valence electrons. The van der Waals surface area contributed by atoms with Crippen molar-refractivity contribution >= 4 is 11.5 Å². The third kappa shape index (κ3) is 2.48. The summed E-state index contributed by atoms with van der Waals surface area (Å²) in [5.41, 5.74) is 6.72. The lowest BCUT2D eigenvalue weighted by Gasteiger charge is -2.35. The van der Waals surface area contributed by atoms with Crippen LogP contribution in [0.15, 0.2) is 12.3 Å². The van der Waals surface area contributed by atoms with Crippen LogP contribution in [0.4, 0.5) is 11.5 Å². The van der Waals surface area contributed by atoms with Crippen molar-refractivity contribution in [2.24, 2.45) is 0 Å². The van der Waals surface area contributed by atoms with Gasteiger partial charge in [0, 0.05) is 18.8 Å². The van der Waals surface area contributed by atoms with Crippen molar-refractivity contribution in [1.82, 2.24) is 4.98 Å². The van der Waals surface area contributed by atoms with Gasteiger partial charge in [-0.2, -0.15) is 5.26 Å². The first-order valence-electron chi connectivity index (χ1n) is 5.77. The van der Waals surface area contributed by atoms with Crippen LogP contribution < -0.4 is 11.1 Å². The molecule has 3 N–H and O–H groups in total. The Morgan fingerprint density at radius 2 is 2.41 bits per heavy atom. The van der Waals surface area contributed by atoms with E-state index in [1.165, 1.54) is 0 Å². The number of nitriles is 1. The molecule has 5 nitrogen and oxygen atoms in total. The van der Waals surface area contributed by atoms with Gasteiger partial charge >= 0.3 is 0 Å². The molecule has 17 heavy (non-hydrogen) atoms. The molecule has 1 fully saturated rings. The van der Waals surface area contributed by atoms with E-state index in [4.69, 9.17) is 15.7 Å². The van der Waals surface area contributed by atoms with Crippen LogP contribution in [0.5, 0.6) is 0 Å². The molecule has 1 aromatic heterocycles. The Kier molecular flexibility index (Phi) is 3.45. The number of nitrogens with zero attached hydrogens (tertiary/aromatic N) is 2. The molecule has 1 aromatic rings. The lowest BCUT2D eigenvalue weighted by molar-refractivity contribution is 0.00294. The molecule has 0 unspecified atom stereocenters. The number of hydrogen-bond donors (Lipinski definition) is 2. The Morgan fingerprint density at radius 3 is 3.06 bits per heavy atom. The predicted molar refractivity (Wildman–Crippen MR) is 65.4 cm³/mol. The molecule has 0 amide bonds.